The maximum Gasteiger partial charge on any atom is 0.256 e. The molecule has 1 saturated heterocycles. The molecule has 2 aliphatic rings. The number of aromatic nitrogens is 1. The van der Waals surface area contributed by atoms with E-state index in [1.54, 1.807) is 0 Å². The SMILES string of the molecule is CN(C)CCN1CN(C2CCN(C(=O)c3c[nH]c4cc(Cl)ccc34)CC2)c2ccccc21. The Hall–Kier alpha value is -2.70. The predicted molar refractivity (Wildman–Crippen MR) is 132 cm³/mol. The number of halogens is 1. The van der Waals surface area contributed by atoms with Crippen LogP contribution in [0.1, 0.15) is 23.2 Å². The van der Waals surface area contributed by atoms with E-state index in [0.717, 1.165) is 62.2 Å². The standard InChI is InChI=1S/C25H30ClN5O/c1-28(2)13-14-30-17-31(24-6-4-3-5-23(24)30)19-9-11-29(12-10-19)25(32)21-16-27-22-15-18(26)7-8-20(21)22/h3-8,15-16,19,27H,9-14,17H2,1-2H3. The summed E-state index contributed by atoms with van der Waals surface area (Å²) in [5.74, 6) is 0.103. The van der Waals surface area contributed by atoms with Gasteiger partial charge in [0.05, 0.1) is 23.6 Å². The summed E-state index contributed by atoms with van der Waals surface area (Å²) in [6.45, 7) is 4.53. The molecule has 2 aromatic carbocycles. The zero-order valence-electron chi connectivity index (χ0n) is 18.7. The summed E-state index contributed by atoms with van der Waals surface area (Å²) >= 11 is 6.09. The highest BCUT2D eigenvalue weighted by atomic mass is 35.5. The second-order valence-electron chi connectivity index (χ2n) is 9.08. The lowest BCUT2D eigenvalue weighted by Crippen LogP contribution is -2.48. The lowest BCUT2D eigenvalue weighted by atomic mass is 10.0. The first-order valence-corrected chi connectivity index (χ1v) is 11.7. The Morgan fingerprint density at radius 3 is 2.62 bits per heavy atom. The minimum absolute atomic E-state index is 0.103. The Balaban J connectivity index is 1.27. The second kappa shape index (κ2) is 8.68. The van der Waals surface area contributed by atoms with Crippen LogP contribution in [-0.2, 0) is 0 Å². The fourth-order valence-electron chi connectivity index (χ4n) is 4.96. The normalized spacial score (nSPS) is 16.9. The summed E-state index contributed by atoms with van der Waals surface area (Å²) in [5.41, 5.74) is 4.29. The van der Waals surface area contributed by atoms with Gasteiger partial charge in [-0.3, -0.25) is 4.79 Å². The summed E-state index contributed by atoms with van der Waals surface area (Å²) in [6.07, 6.45) is 3.78. The molecule has 3 heterocycles. The van der Waals surface area contributed by atoms with Gasteiger partial charge in [0.2, 0.25) is 0 Å². The molecule has 0 aliphatic carbocycles. The van der Waals surface area contributed by atoms with Crippen molar-refractivity contribution >= 4 is 39.8 Å². The van der Waals surface area contributed by atoms with Gasteiger partial charge in [-0.1, -0.05) is 29.8 Å². The number of hydrogen-bond acceptors (Lipinski definition) is 4. The maximum absolute atomic E-state index is 13.2. The Bertz CT molecular complexity index is 1120. The number of anilines is 2. The van der Waals surface area contributed by atoms with Crippen molar-refractivity contribution in [2.45, 2.75) is 18.9 Å². The van der Waals surface area contributed by atoms with Crippen molar-refractivity contribution in [2.75, 3.05) is 56.7 Å². The fourth-order valence-corrected chi connectivity index (χ4v) is 5.13. The number of benzene rings is 2. The lowest BCUT2D eigenvalue weighted by molar-refractivity contribution is 0.0714. The van der Waals surface area contributed by atoms with E-state index in [-0.39, 0.29) is 5.91 Å². The molecule has 1 aromatic heterocycles. The monoisotopic (exact) mass is 451 g/mol. The van der Waals surface area contributed by atoms with Crippen LogP contribution in [0.25, 0.3) is 10.9 Å². The van der Waals surface area contributed by atoms with Gasteiger partial charge >= 0.3 is 0 Å². The van der Waals surface area contributed by atoms with E-state index < -0.39 is 0 Å². The van der Waals surface area contributed by atoms with Gasteiger partial charge in [-0.2, -0.15) is 0 Å². The second-order valence-corrected chi connectivity index (χ2v) is 9.52. The van der Waals surface area contributed by atoms with Gasteiger partial charge in [0.25, 0.3) is 5.91 Å². The van der Waals surface area contributed by atoms with Crippen molar-refractivity contribution < 1.29 is 4.79 Å². The van der Waals surface area contributed by atoms with Crippen molar-refractivity contribution in [1.82, 2.24) is 14.8 Å². The van der Waals surface area contributed by atoms with Crippen LogP contribution < -0.4 is 9.80 Å². The molecule has 32 heavy (non-hydrogen) atoms. The number of carbonyl (C=O) groups excluding carboxylic acids is 1. The molecule has 6 nitrogen and oxygen atoms in total. The van der Waals surface area contributed by atoms with E-state index >= 15 is 0 Å². The molecule has 3 aromatic rings. The number of hydrogen-bond donors (Lipinski definition) is 1. The zero-order chi connectivity index (χ0) is 22.2. The molecule has 5 rings (SSSR count). The number of fused-ring (bicyclic) bond motifs is 2. The first kappa shape index (κ1) is 21.2. The van der Waals surface area contributed by atoms with E-state index in [1.165, 1.54) is 11.4 Å². The Labute approximate surface area is 194 Å². The van der Waals surface area contributed by atoms with E-state index in [9.17, 15) is 4.79 Å². The summed E-state index contributed by atoms with van der Waals surface area (Å²) in [7, 11) is 4.24. The molecule has 2 aliphatic heterocycles. The number of likely N-dealkylation sites (N-methyl/N-ethyl adjacent to an activating group) is 1. The van der Waals surface area contributed by atoms with Crippen molar-refractivity contribution in [2.24, 2.45) is 0 Å². The smallest absolute Gasteiger partial charge is 0.256 e. The molecule has 0 saturated carbocycles. The van der Waals surface area contributed by atoms with Crippen LogP contribution in [0.15, 0.2) is 48.7 Å². The van der Waals surface area contributed by atoms with Gasteiger partial charge in [0.15, 0.2) is 0 Å². The molecule has 0 atom stereocenters. The number of likely N-dealkylation sites (tertiary alicyclic amines) is 1. The molecule has 168 valence electrons. The summed E-state index contributed by atoms with van der Waals surface area (Å²) < 4.78 is 0. The molecule has 0 spiro atoms. The first-order chi connectivity index (χ1) is 15.5. The van der Waals surface area contributed by atoms with Gasteiger partial charge in [-0.05, 0) is 51.2 Å². The summed E-state index contributed by atoms with van der Waals surface area (Å²) in [5, 5.41) is 1.61. The highest BCUT2D eigenvalue weighted by Crippen LogP contribution is 2.38. The molecule has 7 heteroatoms. The molecule has 1 fully saturated rings. The van der Waals surface area contributed by atoms with E-state index in [4.69, 9.17) is 11.6 Å². The Morgan fingerprint density at radius 1 is 1.12 bits per heavy atom. The minimum atomic E-state index is 0.103. The minimum Gasteiger partial charge on any atom is -0.360 e. The summed E-state index contributed by atoms with van der Waals surface area (Å²) in [6, 6.07) is 14.8. The van der Waals surface area contributed by atoms with Crippen LogP contribution in [0.2, 0.25) is 5.02 Å². The predicted octanol–water partition coefficient (Wildman–Crippen LogP) is 4.27. The quantitative estimate of drug-likeness (QED) is 0.629. The number of carbonyl (C=O) groups is 1. The fraction of sp³-hybridized carbons (Fsp3) is 0.400. The first-order valence-electron chi connectivity index (χ1n) is 11.3. The number of amides is 1. The number of nitrogens with one attached hydrogen (secondary N) is 1. The number of aromatic amines is 1. The van der Waals surface area contributed by atoms with Gasteiger partial charge in [-0.15, -0.1) is 0 Å². The third-order valence-corrected chi connectivity index (χ3v) is 6.97. The largest absolute Gasteiger partial charge is 0.360 e. The number of nitrogens with zero attached hydrogens (tertiary/aromatic N) is 4. The highest BCUT2D eigenvalue weighted by molar-refractivity contribution is 6.31. The van der Waals surface area contributed by atoms with Crippen molar-refractivity contribution in [1.29, 1.82) is 0 Å². The van der Waals surface area contributed by atoms with Crippen molar-refractivity contribution in [3.05, 3.63) is 59.2 Å². The molecular formula is C25H30ClN5O. The maximum atomic E-state index is 13.2. The number of piperidine rings is 1. The lowest BCUT2D eigenvalue weighted by Gasteiger charge is -2.38. The number of rotatable bonds is 5. The average Bonchev–Trinajstić information content (AvgIpc) is 3.38. The van der Waals surface area contributed by atoms with Crippen LogP contribution in [0, 0.1) is 0 Å². The zero-order valence-corrected chi connectivity index (χ0v) is 19.5. The summed E-state index contributed by atoms with van der Waals surface area (Å²) in [4.78, 5) is 25.7. The third kappa shape index (κ3) is 3.93. The number of H-pyrrole nitrogens is 1. The third-order valence-electron chi connectivity index (χ3n) is 6.74. The molecule has 1 amide bonds. The Kier molecular flexibility index (Phi) is 5.74. The van der Waals surface area contributed by atoms with Gasteiger partial charge < -0.3 is 24.6 Å². The number of para-hydroxylation sites is 2. The average molecular weight is 452 g/mol. The van der Waals surface area contributed by atoms with Crippen LogP contribution in [-0.4, -0.2) is 73.7 Å². The van der Waals surface area contributed by atoms with Crippen LogP contribution in [0.3, 0.4) is 0 Å². The van der Waals surface area contributed by atoms with E-state index in [0.29, 0.717) is 11.1 Å². The van der Waals surface area contributed by atoms with Crippen LogP contribution in [0.5, 0.6) is 0 Å². The van der Waals surface area contributed by atoms with Crippen molar-refractivity contribution in [3.63, 3.8) is 0 Å². The van der Waals surface area contributed by atoms with Gasteiger partial charge in [0, 0.05) is 54.3 Å². The van der Waals surface area contributed by atoms with Gasteiger partial charge in [0.1, 0.15) is 0 Å². The van der Waals surface area contributed by atoms with E-state index in [1.807, 2.05) is 29.3 Å². The topological polar surface area (TPSA) is 45.8 Å². The van der Waals surface area contributed by atoms with Gasteiger partial charge in [-0.25, -0.2) is 0 Å². The Morgan fingerprint density at radius 2 is 1.88 bits per heavy atom. The molecule has 0 unspecified atom stereocenters. The molecular weight excluding hydrogens is 422 g/mol. The van der Waals surface area contributed by atoms with Crippen LogP contribution in [0.4, 0.5) is 11.4 Å². The molecule has 1 N–H and O–H groups in total. The van der Waals surface area contributed by atoms with Crippen LogP contribution >= 0.6 is 11.6 Å². The van der Waals surface area contributed by atoms with Crippen molar-refractivity contribution in [3.8, 4) is 0 Å². The molecule has 0 radical (unpaired) electrons. The highest BCUT2D eigenvalue weighted by Gasteiger charge is 2.34. The molecule has 0 bridgehead atoms. The van der Waals surface area contributed by atoms with E-state index in [2.05, 4.69) is 58.0 Å².